The zero-order valence-corrected chi connectivity index (χ0v) is 12.2. The van der Waals surface area contributed by atoms with Crippen LogP contribution in [0.25, 0.3) is 0 Å². The van der Waals surface area contributed by atoms with Gasteiger partial charge in [-0.1, -0.05) is 39.0 Å². The zero-order valence-electron chi connectivity index (χ0n) is 12.2. The molecular weight excluding hydrogens is 226 g/mol. The second kappa shape index (κ2) is 14.9. The van der Waals surface area contributed by atoms with Crippen molar-refractivity contribution in [2.75, 3.05) is 13.1 Å². The van der Waals surface area contributed by atoms with E-state index in [1.807, 2.05) is 0 Å². The van der Waals surface area contributed by atoms with Gasteiger partial charge in [0, 0.05) is 0 Å². The van der Waals surface area contributed by atoms with Crippen LogP contribution in [0.2, 0.25) is 0 Å². The first-order valence-electron chi connectivity index (χ1n) is 7.24. The van der Waals surface area contributed by atoms with Gasteiger partial charge >= 0.3 is 0 Å². The smallest absolute Gasteiger partial charge is 0.115 e. The molecule has 0 fully saturated rings. The van der Waals surface area contributed by atoms with E-state index in [4.69, 9.17) is 28.7 Å². The summed E-state index contributed by atoms with van der Waals surface area (Å²) in [5.74, 6) is -0.954. The lowest BCUT2D eigenvalue weighted by Gasteiger charge is -2.17. The summed E-state index contributed by atoms with van der Waals surface area (Å²) in [4.78, 5) is 0. The summed E-state index contributed by atoms with van der Waals surface area (Å²) in [5.41, 5.74) is 26.6. The van der Waals surface area contributed by atoms with Crippen molar-refractivity contribution in [3.8, 4) is 0 Å². The van der Waals surface area contributed by atoms with Gasteiger partial charge in [0.25, 0.3) is 0 Å². The number of nitrogens with two attached hydrogens (primary N) is 5. The fourth-order valence-corrected chi connectivity index (χ4v) is 1.50. The van der Waals surface area contributed by atoms with E-state index in [9.17, 15) is 0 Å². The first-order chi connectivity index (χ1) is 8.47. The lowest BCUT2D eigenvalue weighted by molar-refractivity contribution is 0.400. The molecule has 0 radical (unpaired) electrons. The van der Waals surface area contributed by atoms with Crippen LogP contribution in [-0.2, 0) is 0 Å². The predicted octanol–water partition coefficient (Wildman–Crippen LogP) is 0.951. The molecule has 0 aliphatic carbocycles. The molecule has 0 aromatic rings. The normalized spacial score (nSPS) is 11.0. The predicted molar refractivity (Wildman–Crippen MR) is 80.6 cm³/mol. The summed E-state index contributed by atoms with van der Waals surface area (Å²) in [7, 11) is 0. The average Bonchev–Trinajstić information content (AvgIpc) is 2.30. The minimum Gasteiger partial charge on any atom is -0.330 e. The summed E-state index contributed by atoms with van der Waals surface area (Å²) in [6.07, 6.45) is 10.3. The van der Waals surface area contributed by atoms with Crippen molar-refractivity contribution in [3.05, 3.63) is 0 Å². The molecule has 5 heteroatoms. The molecule has 5 nitrogen and oxygen atoms in total. The minimum absolute atomic E-state index is 0.721. The fourth-order valence-electron chi connectivity index (χ4n) is 1.50. The van der Waals surface area contributed by atoms with E-state index in [1.165, 1.54) is 32.1 Å². The number of rotatable bonds is 10. The monoisotopic (exact) mass is 261 g/mol. The van der Waals surface area contributed by atoms with E-state index in [0.29, 0.717) is 0 Å². The van der Waals surface area contributed by atoms with Gasteiger partial charge in [-0.25, -0.2) is 0 Å². The maximum atomic E-state index is 5.43. The summed E-state index contributed by atoms with van der Waals surface area (Å²) in [6, 6.07) is 0. The number of unbranched alkanes of at least 4 members (excludes halogenated alkanes) is 6. The highest BCUT2D eigenvalue weighted by Crippen LogP contribution is 2.08. The molecule has 0 aliphatic rings. The van der Waals surface area contributed by atoms with Gasteiger partial charge in [-0.15, -0.1) is 0 Å². The van der Waals surface area contributed by atoms with Gasteiger partial charge in [-0.2, -0.15) is 0 Å². The lowest BCUT2D eigenvalue weighted by atomic mass is 10.1. The summed E-state index contributed by atoms with van der Waals surface area (Å²) >= 11 is 0. The molecule has 0 aliphatic heterocycles. The largest absolute Gasteiger partial charge is 0.330 e. The van der Waals surface area contributed by atoms with Crippen LogP contribution in [-0.4, -0.2) is 18.9 Å². The van der Waals surface area contributed by atoms with E-state index in [0.717, 1.165) is 38.8 Å². The van der Waals surface area contributed by atoms with Crippen LogP contribution in [0.1, 0.15) is 64.7 Å². The Morgan fingerprint density at radius 2 is 1.11 bits per heavy atom. The molecule has 0 saturated heterocycles. The Morgan fingerprint density at radius 1 is 0.667 bits per heavy atom. The third-order valence-electron chi connectivity index (χ3n) is 2.62. The molecular formula is C13H35N5. The molecule has 0 aromatic heterocycles. The van der Waals surface area contributed by atoms with Gasteiger partial charge < -0.3 is 28.7 Å². The van der Waals surface area contributed by atoms with Gasteiger partial charge in [-0.05, 0) is 38.8 Å². The molecule has 0 bridgehead atoms. The minimum atomic E-state index is -0.954. The second-order valence-corrected chi connectivity index (χ2v) is 4.91. The molecule has 0 amide bonds. The first-order valence-corrected chi connectivity index (χ1v) is 7.24. The Bertz CT molecular complexity index is 141. The molecule has 112 valence electrons. The third-order valence-corrected chi connectivity index (χ3v) is 2.62. The summed E-state index contributed by atoms with van der Waals surface area (Å²) in [5, 5.41) is 0. The average molecular weight is 261 g/mol. The van der Waals surface area contributed by atoms with E-state index < -0.39 is 5.79 Å². The number of hydrogen-bond donors (Lipinski definition) is 5. The summed E-state index contributed by atoms with van der Waals surface area (Å²) < 4.78 is 0. The molecule has 0 unspecified atom stereocenters. The van der Waals surface area contributed by atoms with Crippen molar-refractivity contribution in [2.24, 2.45) is 28.7 Å². The second-order valence-electron chi connectivity index (χ2n) is 4.91. The molecule has 10 N–H and O–H groups in total. The van der Waals surface area contributed by atoms with Gasteiger partial charge in [0.15, 0.2) is 0 Å². The number of hydrogen-bond acceptors (Lipinski definition) is 5. The Hall–Kier alpha value is -0.200. The van der Waals surface area contributed by atoms with Crippen LogP contribution < -0.4 is 28.7 Å². The molecule has 0 heterocycles. The van der Waals surface area contributed by atoms with E-state index >= 15 is 0 Å². The van der Waals surface area contributed by atoms with Crippen LogP contribution in [0.4, 0.5) is 0 Å². The van der Waals surface area contributed by atoms with E-state index in [1.54, 1.807) is 0 Å². The Morgan fingerprint density at radius 3 is 1.50 bits per heavy atom. The SMILES string of the molecule is CCCCCCCCC(N)(N)N.NCCCCN. The van der Waals surface area contributed by atoms with Crippen molar-refractivity contribution < 1.29 is 0 Å². The van der Waals surface area contributed by atoms with Crippen molar-refractivity contribution >= 4 is 0 Å². The Balaban J connectivity index is 0. The highest BCUT2D eigenvalue weighted by Gasteiger charge is 2.09. The molecule has 18 heavy (non-hydrogen) atoms. The topological polar surface area (TPSA) is 130 Å². The van der Waals surface area contributed by atoms with Crippen LogP contribution in [0.3, 0.4) is 0 Å². The fraction of sp³-hybridized carbons (Fsp3) is 1.00. The zero-order chi connectivity index (χ0) is 14.3. The Labute approximate surface area is 113 Å². The molecule has 0 atom stereocenters. The van der Waals surface area contributed by atoms with Crippen LogP contribution in [0.15, 0.2) is 0 Å². The molecule has 0 rings (SSSR count). The van der Waals surface area contributed by atoms with Crippen LogP contribution >= 0.6 is 0 Å². The standard InChI is InChI=1S/C9H23N3.C4H12N2/c1-2-3-4-5-6-7-8-9(10,11)12;5-3-1-2-4-6/h2-8,10-12H2,1H3;1-6H2. The summed E-state index contributed by atoms with van der Waals surface area (Å²) in [6.45, 7) is 3.76. The van der Waals surface area contributed by atoms with Crippen molar-refractivity contribution in [1.29, 1.82) is 0 Å². The third kappa shape index (κ3) is 24.9. The maximum absolute atomic E-state index is 5.43. The molecule has 0 aromatic carbocycles. The molecule has 0 spiro atoms. The van der Waals surface area contributed by atoms with Gasteiger partial charge in [0.2, 0.25) is 0 Å². The molecule has 0 saturated carbocycles. The van der Waals surface area contributed by atoms with E-state index in [2.05, 4.69) is 6.92 Å². The van der Waals surface area contributed by atoms with Crippen LogP contribution in [0, 0.1) is 0 Å². The van der Waals surface area contributed by atoms with Crippen molar-refractivity contribution in [3.63, 3.8) is 0 Å². The van der Waals surface area contributed by atoms with Gasteiger partial charge in [0.1, 0.15) is 5.79 Å². The quantitative estimate of drug-likeness (QED) is 0.295. The van der Waals surface area contributed by atoms with E-state index in [-0.39, 0.29) is 0 Å². The van der Waals surface area contributed by atoms with Crippen LogP contribution in [0.5, 0.6) is 0 Å². The first kappa shape index (κ1) is 20.1. The Kier molecular flexibility index (Phi) is 16.6. The highest BCUT2D eigenvalue weighted by atomic mass is 15.1. The maximum Gasteiger partial charge on any atom is 0.115 e. The van der Waals surface area contributed by atoms with Crippen molar-refractivity contribution in [2.45, 2.75) is 70.5 Å². The van der Waals surface area contributed by atoms with Gasteiger partial charge in [-0.3, -0.25) is 0 Å². The van der Waals surface area contributed by atoms with Gasteiger partial charge in [0.05, 0.1) is 0 Å². The van der Waals surface area contributed by atoms with Crippen molar-refractivity contribution in [1.82, 2.24) is 0 Å². The lowest BCUT2D eigenvalue weighted by Crippen LogP contribution is -2.57. The highest BCUT2D eigenvalue weighted by molar-refractivity contribution is 4.66.